The van der Waals surface area contributed by atoms with Crippen molar-refractivity contribution in [3.8, 4) is 11.6 Å². The summed E-state index contributed by atoms with van der Waals surface area (Å²) in [7, 11) is 0. The van der Waals surface area contributed by atoms with Gasteiger partial charge in [-0.2, -0.15) is 5.10 Å². The first-order valence-corrected chi connectivity index (χ1v) is 7.69. The van der Waals surface area contributed by atoms with Gasteiger partial charge in [0.15, 0.2) is 5.69 Å². The second kappa shape index (κ2) is 7.58. The van der Waals surface area contributed by atoms with Crippen LogP contribution in [0.5, 0.6) is 5.88 Å². The number of aromatic nitrogens is 2. The van der Waals surface area contributed by atoms with Crippen LogP contribution in [-0.2, 0) is 0 Å². The third-order valence-corrected chi connectivity index (χ3v) is 3.22. The molecule has 0 fully saturated rings. The summed E-state index contributed by atoms with van der Waals surface area (Å²) in [6, 6.07) is 8.90. The lowest BCUT2D eigenvalue weighted by Gasteiger charge is -2.13. The molecular weight excluding hydrogens is 294 g/mol. The Morgan fingerprint density at radius 3 is 2.57 bits per heavy atom. The fourth-order valence-electron chi connectivity index (χ4n) is 2.04. The lowest BCUT2D eigenvalue weighted by molar-refractivity contribution is 0.0945. The third kappa shape index (κ3) is 3.97. The number of ether oxygens (including phenoxy) is 1. The SMILES string of the molecule is CCCNC(=O)c1nn(-c2ccc(C)cc2)c(OCC)cc1=O. The third-order valence-electron chi connectivity index (χ3n) is 3.22. The van der Waals surface area contributed by atoms with Gasteiger partial charge >= 0.3 is 0 Å². The number of carbonyl (C=O) groups excluding carboxylic acids is 1. The van der Waals surface area contributed by atoms with Crippen LogP contribution in [-0.4, -0.2) is 28.8 Å². The Hall–Kier alpha value is -2.63. The van der Waals surface area contributed by atoms with Gasteiger partial charge in [0.2, 0.25) is 11.3 Å². The summed E-state index contributed by atoms with van der Waals surface area (Å²) in [5.74, 6) is -0.158. The summed E-state index contributed by atoms with van der Waals surface area (Å²) in [6.07, 6.45) is 0.787. The van der Waals surface area contributed by atoms with Crippen molar-refractivity contribution in [2.75, 3.05) is 13.2 Å². The summed E-state index contributed by atoms with van der Waals surface area (Å²) in [6.45, 7) is 6.64. The normalized spacial score (nSPS) is 10.4. The second-order valence-corrected chi connectivity index (χ2v) is 5.13. The quantitative estimate of drug-likeness (QED) is 0.886. The standard InChI is InChI=1S/C17H21N3O3/c1-4-10-18-17(22)16-14(21)11-15(23-5-2)20(19-16)13-8-6-12(3)7-9-13/h6-9,11H,4-5,10H2,1-3H3,(H,18,22). The van der Waals surface area contributed by atoms with Crippen LogP contribution in [0.2, 0.25) is 0 Å². The lowest BCUT2D eigenvalue weighted by atomic mass is 10.2. The molecule has 0 atom stereocenters. The minimum absolute atomic E-state index is 0.137. The molecule has 1 aromatic carbocycles. The van der Waals surface area contributed by atoms with Gasteiger partial charge < -0.3 is 10.1 Å². The number of hydrogen-bond donors (Lipinski definition) is 1. The molecule has 1 aromatic heterocycles. The fourth-order valence-corrected chi connectivity index (χ4v) is 2.04. The Morgan fingerprint density at radius 2 is 1.96 bits per heavy atom. The monoisotopic (exact) mass is 315 g/mol. The van der Waals surface area contributed by atoms with Gasteiger partial charge in [-0.1, -0.05) is 24.6 Å². The highest BCUT2D eigenvalue weighted by molar-refractivity contribution is 5.92. The summed E-state index contributed by atoms with van der Waals surface area (Å²) in [5.41, 5.74) is 1.24. The smallest absolute Gasteiger partial charge is 0.275 e. The van der Waals surface area contributed by atoms with E-state index < -0.39 is 11.3 Å². The van der Waals surface area contributed by atoms with Crippen LogP contribution in [0.1, 0.15) is 36.3 Å². The van der Waals surface area contributed by atoms with Crippen molar-refractivity contribution in [1.82, 2.24) is 15.1 Å². The van der Waals surface area contributed by atoms with Crippen molar-refractivity contribution >= 4 is 5.91 Å². The number of rotatable bonds is 6. The molecule has 0 saturated heterocycles. The second-order valence-electron chi connectivity index (χ2n) is 5.13. The maximum absolute atomic E-state index is 12.1. The van der Waals surface area contributed by atoms with E-state index in [2.05, 4.69) is 10.4 Å². The number of aryl methyl sites for hydroxylation is 1. The first kappa shape index (κ1) is 16.7. The highest BCUT2D eigenvalue weighted by Gasteiger charge is 2.16. The van der Waals surface area contributed by atoms with Gasteiger partial charge in [0.25, 0.3) is 5.91 Å². The van der Waals surface area contributed by atoms with Crippen molar-refractivity contribution < 1.29 is 9.53 Å². The first-order chi connectivity index (χ1) is 11.1. The van der Waals surface area contributed by atoms with E-state index in [0.29, 0.717) is 19.0 Å². The van der Waals surface area contributed by atoms with Crippen LogP contribution in [0, 0.1) is 6.92 Å². The number of nitrogens with zero attached hydrogens (tertiary/aromatic N) is 2. The molecule has 0 aliphatic heterocycles. The fraction of sp³-hybridized carbons (Fsp3) is 0.353. The molecule has 23 heavy (non-hydrogen) atoms. The average Bonchev–Trinajstić information content (AvgIpc) is 2.54. The van der Waals surface area contributed by atoms with Crippen LogP contribution in [0.25, 0.3) is 5.69 Å². The Kier molecular flexibility index (Phi) is 5.51. The van der Waals surface area contributed by atoms with E-state index in [1.807, 2.05) is 45.0 Å². The summed E-state index contributed by atoms with van der Waals surface area (Å²) in [5, 5.41) is 6.88. The molecule has 6 nitrogen and oxygen atoms in total. The van der Waals surface area contributed by atoms with Crippen molar-refractivity contribution in [1.29, 1.82) is 0 Å². The van der Waals surface area contributed by atoms with Crippen LogP contribution in [0.4, 0.5) is 0 Å². The molecule has 0 radical (unpaired) electrons. The van der Waals surface area contributed by atoms with Crippen molar-refractivity contribution in [3.05, 3.63) is 51.8 Å². The summed E-state index contributed by atoms with van der Waals surface area (Å²) < 4.78 is 6.96. The maximum Gasteiger partial charge on any atom is 0.275 e. The highest BCUT2D eigenvalue weighted by atomic mass is 16.5. The number of nitrogens with one attached hydrogen (secondary N) is 1. The number of benzene rings is 1. The van der Waals surface area contributed by atoms with Crippen molar-refractivity contribution in [2.45, 2.75) is 27.2 Å². The highest BCUT2D eigenvalue weighted by Crippen LogP contribution is 2.16. The summed E-state index contributed by atoms with van der Waals surface area (Å²) in [4.78, 5) is 24.2. The van der Waals surface area contributed by atoms with Gasteiger partial charge in [0, 0.05) is 6.54 Å². The zero-order chi connectivity index (χ0) is 16.8. The van der Waals surface area contributed by atoms with E-state index >= 15 is 0 Å². The van der Waals surface area contributed by atoms with Crippen LogP contribution >= 0.6 is 0 Å². The van der Waals surface area contributed by atoms with E-state index in [1.54, 1.807) is 0 Å². The van der Waals surface area contributed by atoms with Crippen LogP contribution in [0.15, 0.2) is 35.1 Å². The molecule has 0 aliphatic carbocycles. The van der Waals surface area contributed by atoms with E-state index in [0.717, 1.165) is 17.7 Å². The summed E-state index contributed by atoms with van der Waals surface area (Å²) >= 11 is 0. The molecule has 2 aromatic rings. The molecule has 0 saturated carbocycles. The van der Waals surface area contributed by atoms with Crippen molar-refractivity contribution in [3.63, 3.8) is 0 Å². The lowest BCUT2D eigenvalue weighted by Crippen LogP contribution is -2.32. The maximum atomic E-state index is 12.1. The van der Waals surface area contributed by atoms with Crippen LogP contribution < -0.4 is 15.5 Å². The number of carbonyl (C=O) groups is 1. The molecule has 122 valence electrons. The van der Waals surface area contributed by atoms with Gasteiger partial charge in [-0.3, -0.25) is 9.59 Å². The first-order valence-electron chi connectivity index (χ1n) is 7.69. The van der Waals surface area contributed by atoms with E-state index in [9.17, 15) is 9.59 Å². The number of hydrogen-bond acceptors (Lipinski definition) is 4. The Morgan fingerprint density at radius 1 is 1.26 bits per heavy atom. The Labute approximate surface area is 135 Å². The van der Waals surface area contributed by atoms with Gasteiger partial charge in [-0.15, -0.1) is 0 Å². The molecule has 0 unspecified atom stereocenters. The molecule has 1 N–H and O–H groups in total. The zero-order valence-corrected chi connectivity index (χ0v) is 13.6. The van der Waals surface area contributed by atoms with E-state index in [1.165, 1.54) is 10.7 Å². The van der Waals surface area contributed by atoms with Gasteiger partial charge in [-0.05, 0) is 32.4 Å². The molecule has 1 amide bonds. The predicted molar refractivity (Wildman–Crippen MR) is 88.4 cm³/mol. The van der Waals surface area contributed by atoms with E-state index in [4.69, 9.17) is 4.74 Å². The van der Waals surface area contributed by atoms with Gasteiger partial charge in [0.05, 0.1) is 18.4 Å². The molecule has 0 bridgehead atoms. The minimum atomic E-state index is -0.472. The molecule has 6 heteroatoms. The van der Waals surface area contributed by atoms with Gasteiger partial charge in [-0.25, -0.2) is 4.68 Å². The van der Waals surface area contributed by atoms with Gasteiger partial charge in [0.1, 0.15) is 0 Å². The molecule has 0 spiro atoms. The molecule has 0 aliphatic rings. The zero-order valence-electron chi connectivity index (χ0n) is 13.6. The van der Waals surface area contributed by atoms with E-state index in [-0.39, 0.29) is 5.69 Å². The average molecular weight is 315 g/mol. The largest absolute Gasteiger partial charge is 0.478 e. The Bertz CT molecular complexity index is 736. The topological polar surface area (TPSA) is 73.2 Å². The van der Waals surface area contributed by atoms with Crippen molar-refractivity contribution in [2.24, 2.45) is 0 Å². The van der Waals surface area contributed by atoms with Crippen LogP contribution in [0.3, 0.4) is 0 Å². The minimum Gasteiger partial charge on any atom is -0.478 e. The predicted octanol–water partition coefficient (Wildman–Crippen LogP) is 2.08. The number of amides is 1. The molecule has 1 heterocycles. The molecule has 2 rings (SSSR count). The Balaban J connectivity index is 2.51. The molecular formula is C17H21N3O3.